The quantitative estimate of drug-likeness (QED) is 0.863. The Morgan fingerprint density at radius 3 is 2.65 bits per heavy atom. The number of hydrogen-bond donors (Lipinski definition) is 2. The van der Waals surface area contributed by atoms with Crippen LogP contribution in [-0.2, 0) is 0 Å². The Bertz CT molecular complexity index is 481. The number of rotatable bonds is 5. The molecule has 2 rings (SSSR count). The molecule has 1 aliphatic carbocycles. The summed E-state index contributed by atoms with van der Waals surface area (Å²) in [7, 11) is 0. The van der Waals surface area contributed by atoms with Crippen molar-refractivity contribution in [1.82, 2.24) is 4.98 Å². The fraction of sp³-hybridized carbons (Fsp3) is 0.600. The van der Waals surface area contributed by atoms with Crippen molar-refractivity contribution < 1.29 is 4.79 Å². The summed E-state index contributed by atoms with van der Waals surface area (Å²) in [4.78, 5) is 18.2. The van der Waals surface area contributed by atoms with Gasteiger partial charge in [-0.2, -0.15) is 0 Å². The molecule has 1 saturated carbocycles. The van der Waals surface area contributed by atoms with E-state index < -0.39 is 5.91 Å². The van der Waals surface area contributed by atoms with E-state index in [1.807, 2.05) is 0 Å². The molecule has 0 aliphatic heterocycles. The first-order valence-electron chi connectivity index (χ1n) is 7.31. The highest BCUT2D eigenvalue weighted by molar-refractivity contribution is 5.98. The highest BCUT2D eigenvalue weighted by atomic mass is 16.1. The number of pyridine rings is 1. The third-order valence-electron chi connectivity index (χ3n) is 3.81. The van der Waals surface area contributed by atoms with E-state index in [2.05, 4.69) is 23.7 Å². The molecule has 110 valence electrons. The summed E-state index contributed by atoms with van der Waals surface area (Å²) in [6.45, 7) is 5.31. The summed E-state index contributed by atoms with van der Waals surface area (Å²) < 4.78 is 0. The van der Waals surface area contributed by atoms with Crippen molar-refractivity contribution in [1.29, 1.82) is 0 Å². The van der Waals surface area contributed by atoms with E-state index in [9.17, 15) is 4.79 Å². The second-order valence-electron chi connectivity index (χ2n) is 5.98. The minimum Gasteiger partial charge on any atom is -0.397 e. The van der Waals surface area contributed by atoms with Crippen molar-refractivity contribution in [2.75, 3.05) is 17.2 Å². The number of carbonyl (C=O) groups excluding carboxylic acids is 1. The van der Waals surface area contributed by atoms with E-state index in [1.54, 1.807) is 6.07 Å². The van der Waals surface area contributed by atoms with E-state index in [-0.39, 0.29) is 0 Å². The number of primary amides is 1. The van der Waals surface area contributed by atoms with Crippen LogP contribution in [0.3, 0.4) is 0 Å². The number of nitrogens with zero attached hydrogens (tertiary/aromatic N) is 2. The number of aromatic nitrogens is 1. The van der Waals surface area contributed by atoms with E-state index in [1.165, 1.54) is 31.9 Å². The maximum Gasteiger partial charge on any atom is 0.250 e. The number of nitrogens with two attached hydrogens (primary N) is 2. The van der Waals surface area contributed by atoms with E-state index in [4.69, 9.17) is 11.5 Å². The monoisotopic (exact) mass is 276 g/mol. The van der Waals surface area contributed by atoms with Gasteiger partial charge in [0.05, 0.1) is 17.4 Å². The zero-order valence-electron chi connectivity index (χ0n) is 12.3. The molecule has 1 aromatic rings. The molecule has 1 fully saturated rings. The molecule has 1 aliphatic rings. The summed E-state index contributed by atoms with van der Waals surface area (Å²) in [6.07, 6.45) is 6.43. The Kier molecular flexibility index (Phi) is 4.47. The van der Waals surface area contributed by atoms with Crippen LogP contribution in [0.25, 0.3) is 0 Å². The Labute approximate surface area is 120 Å². The number of nitrogen functional groups attached to an aromatic ring is 1. The lowest BCUT2D eigenvalue weighted by Gasteiger charge is -2.32. The molecule has 0 saturated heterocycles. The lowest BCUT2D eigenvalue weighted by Crippen LogP contribution is -2.37. The average molecular weight is 276 g/mol. The largest absolute Gasteiger partial charge is 0.397 e. The van der Waals surface area contributed by atoms with Crippen LogP contribution >= 0.6 is 0 Å². The van der Waals surface area contributed by atoms with Crippen LogP contribution in [0.5, 0.6) is 0 Å². The lowest BCUT2D eigenvalue weighted by atomic mass is 10.1. The Balaban J connectivity index is 2.32. The van der Waals surface area contributed by atoms with Gasteiger partial charge in [-0.05, 0) is 24.8 Å². The molecule has 0 unspecified atom stereocenters. The summed E-state index contributed by atoms with van der Waals surface area (Å²) in [6, 6.07) is 2.24. The van der Waals surface area contributed by atoms with Gasteiger partial charge in [0.25, 0.3) is 5.91 Å². The fourth-order valence-electron chi connectivity index (χ4n) is 2.86. The van der Waals surface area contributed by atoms with E-state index in [0.29, 0.717) is 23.2 Å². The third-order valence-corrected chi connectivity index (χ3v) is 3.81. The number of carbonyl (C=O) groups is 1. The van der Waals surface area contributed by atoms with Gasteiger partial charge >= 0.3 is 0 Å². The minimum atomic E-state index is -0.498. The second kappa shape index (κ2) is 6.11. The maximum atomic E-state index is 11.4. The molecular formula is C15H24N4O. The summed E-state index contributed by atoms with van der Waals surface area (Å²) >= 11 is 0. The van der Waals surface area contributed by atoms with Crippen molar-refractivity contribution in [3.8, 4) is 0 Å². The predicted molar refractivity (Wildman–Crippen MR) is 81.6 cm³/mol. The summed E-state index contributed by atoms with van der Waals surface area (Å²) in [5.74, 6) is 0.850. The molecule has 5 nitrogen and oxygen atoms in total. The van der Waals surface area contributed by atoms with E-state index in [0.717, 1.165) is 12.4 Å². The Hall–Kier alpha value is -1.78. The van der Waals surface area contributed by atoms with Gasteiger partial charge in [0.1, 0.15) is 5.82 Å². The van der Waals surface area contributed by atoms with Crippen molar-refractivity contribution in [2.45, 2.75) is 45.6 Å². The van der Waals surface area contributed by atoms with Crippen molar-refractivity contribution in [2.24, 2.45) is 11.7 Å². The van der Waals surface area contributed by atoms with Crippen LogP contribution in [0.2, 0.25) is 0 Å². The molecular weight excluding hydrogens is 252 g/mol. The van der Waals surface area contributed by atoms with Gasteiger partial charge in [0.15, 0.2) is 0 Å². The van der Waals surface area contributed by atoms with Crippen molar-refractivity contribution >= 4 is 17.4 Å². The first-order chi connectivity index (χ1) is 9.49. The van der Waals surface area contributed by atoms with Crippen LogP contribution in [0.4, 0.5) is 11.5 Å². The molecule has 1 amide bonds. The van der Waals surface area contributed by atoms with Crippen LogP contribution in [0.15, 0.2) is 12.3 Å². The first kappa shape index (κ1) is 14.6. The SMILES string of the molecule is CC(C)CN(c1cc(C(N)=O)c(N)cn1)C1CCCC1. The van der Waals surface area contributed by atoms with Crippen LogP contribution in [0.1, 0.15) is 49.9 Å². The van der Waals surface area contributed by atoms with Gasteiger partial charge < -0.3 is 16.4 Å². The van der Waals surface area contributed by atoms with Crippen molar-refractivity contribution in [3.05, 3.63) is 17.8 Å². The van der Waals surface area contributed by atoms with Crippen LogP contribution in [0, 0.1) is 5.92 Å². The number of anilines is 2. The first-order valence-corrected chi connectivity index (χ1v) is 7.31. The molecule has 0 aromatic carbocycles. The molecule has 0 atom stereocenters. The molecule has 5 heteroatoms. The molecule has 1 aromatic heterocycles. The minimum absolute atomic E-state index is 0.345. The van der Waals surface area contributed by atoms with Crippen molar-refractivity contribution in [3.63, 3.8) is 0 Å². The van der Waals surface area contributed by atoms with E-state index >= 15 is 0 Å². The lowest BCUT2D eigenvalue weighted by molar-refractivity contribution is 0.100. The molecule has 1 heterocycles. The number of amides is 1. The van der Waals surface area contributed by atoms with Gasteiger partial charge in [-0.25, -0.2) is 4.98 Å². The molecule has 0 spiro atoms. The zero-order chi connectivity index (χ0) is 14.7. The average Bonchev–Trinajstić information content (AvgIpc) is 2.90. The second-order valence-corrected chi connectivity index (χ2v) is 5.98. The Morgan fingerprint density at radius 2 is 2.10 bits per heavy atom. The van der Waals surface area contributed by atoms with Gasteiger partial charge in [-0.1, -0.05) is 26.7 Å². The smallest absolute Gasteiger partial charge is 0.250 e. The molecule has 4 N–H and O–H groups in total. The van der Waals surface area contributed by atoms with Gasteiger partial charge in [0.2, 0.25) is 0 Å². The zero-order valence-corrected chi connectivity index (χ0v) is 12.3. The van der Waals surface area contributed by atoms with Gasteiger partial charge in [-0.3, -0.25) is 4.79 Å². The highest BCUT2D eigenvalue weighted by Crippen LogP contribution is 2.29. The highest BCUT2D eigenvalue weighted by Gasteiger charge is 2.25. The predicted octanol–water partition coefficient (Wildman–Crippen LogP) is 2.17. The third kappa shape index (κ3) is 3.21. The van der Waals surface area contributed by atoms with Gasteiger partial charge in [-0.15, -0.1) is 0 Å². The maximum absolute atomic E-state index is 11.4. The van der Waals surface area contributed by atoms with Crippen LogP contribution < -0.4 is 16.4 Å². The molecule has 0 bridgehead atoms. The standard InChI is InChI=1S/C15H24N4O/c1-10(2)9-19(11-5-3-4-6-11)14-7-12(15(17)20)13(16)8-18-14/h7-8,10-11H,3-6,9,16H2,1-2H3,(H2,17,20). The normalized spacial score (nSPS) is 15.8. The molecule has 20 heavy (non-hydrogen) atoms. The Morgan fingerprint density at radius 1 is 1.45 bits per heavy atom. The van der Waals surface area contributed by atoms with Crippen LogP contribution in [-0.4, -0.2) is 23.5 Å². The summed E-state index contributed by atoms with van der Waals surface area (Å²) in [5.41, 5.74) is 11.8. The fourth-order valence-corrected chi connectivity index (χ4v) is 2.86. The van der Waals surface area contributed by atoms with Gasteiger partial charge in [0, 0.05) is 12.6 Å². The molecule has 0 radical (unpaired) electrons. The topological polar surface area (TPSA) is 85.2 Å². The summed E-state index contributed by atoms with van der Waals surface area (Å²) in [5, 5.41) is 0. The number of hydrogen-bond acceptors (Lipinski definition) is 4.